The number of ether oxygens (including phenoxy) is 1. The maximum absolute atomic E-state index is 12.8. The van der Waals surface area contributed by atoms with E-state index in [2.05, 4.69) is 18.4 Å². The Morgan fingerprint density at radius 3 is 2.10 bits per heavy atom. The number of aromatic nitrogens is 2. The zero-order chi connectivity index (χ0) is 22.0. The third kappa shape index (κ3) is 4.66. The van der Waals surface area contributed by atoms with Crippen LogP contribution >= 0.6 is 23.2 Å². The van der Waals surface area contributed by atoms with E-state index in [9.17, 15) is 4.79 Å². The van der Waals surface area contributed by atoms with E-state index in [1.807, 2.05) is 36.4 Å². The SMILES string of the molecule is CC(C)n1c(/C=C(/OC(=O)c2ccc(Cl)cc2)c2ccc(Cl)cc2)nc2ccccc21. The normalized spacial score (nSPS) is 11.8. The first-order valence-corrected chi connectivity index (χ1v) is 10.6. The van der Waals surface area contributed by atoms with Crippen molar-refractivity contribution in [2.45, 2.75) is 19.9 Å². The predicted molar refractivity (Wildman–Crippen MR) is 126 cm³/mol. The maximum Gasteiger partial charge on any atom is 0.343 e. The molecular weight excluding hydrogens is 431 g/mol. The van der Waals surface area contributed by atoms with Gasteiger partial charge >= 0.3 is 5.97 Å². The molecule has 0 aliphatic carbocycles. The number of nitrogens with zero attached hydrogens (tertiary/aromatic N) is 2. The van der Waals surface area contributed by atoms with Crippen LogP contribution in [0.25, 0.3) is 22.9 Å². The fourth-order valence-electron chi connectivity index (χ4n) is 3.36. The molecule has 0 bridgehead atoms. The standard InChI is InChI=1S/C25H20Cl2N2O2/c1-16(2)29-22-6-4-3-5-21(22)28-24(29)15-23(17-7-11-19(26)12-8-17)31-25(30)18-9-13-20(27)14-10-18/h3-16H,1-2H3/b23-15+. The van der Waals surface area contributed by atoms with Crippen molar-refractivity contribution >= 4 is 52.0 Å². The van der Waals surface area contributed by atoms with Crippen LogP contribution in [0.1, 0.15) is 41.6 Å². The Bertz CT molecular complexity index is 1260. The Labute approximate surface area is 190 Å². The van der Waals surface area contributed by atoms with Crippen LogP contribution in [0.15, 0.2) is 72.8 Å². The molecule has 0 radical (unpaired) electrons. The first-order valence-electron chi connectivity index (χ1n) is 9.85. The van der Waals surface area contributed by atoms with Gasteiger partial charge in [-0.2, -0.15) is 0 Å². The molecule has 156 valence electrons. The van der Waals surface area contributed by atoms with Gasteiger partial charge in [-0.1, -0.05) is 35.3 Å². The average Bonchev–Trinajstić information content (AvgIpc) is 3.12. The second-order valence-electron chi connectivity index (χ2n) is 7.33. The van der Waals surface area contributed by atoms with Crippen molar-refractivity contribution in [1.29, 1.82) is 0 Å². The summed E-state index contributed by atoms with van der Waals surface area (Å²) in [6.45, 7) is 4.18. The quantitative estimate of drug-likeness (QED) is 0.237. The van der Waals surface area contributed by atoms with E-state index in [4.69, 9.17) is 32.9 Å². The second-order valence-corrected chi connectivity index (χ2v) is 8.21. The number of halogens is 2. The molecule has 0 unspecified atom stereocenters. The molecule has 0 aliphatic heterocycles. The number of benzene rings is 3. The van der Waals surface area contributed by atoms with Gasteiger partial charge in [-0.05, 0) is 74.5 Å². The lowest BCUT2D eigenvalue weighted by Crippen LogP contribution is -2.07. The van der Waals surface area contributed by atoms with Crippen molar-refractivity contribution in [3.05, 3.63) is 99.8 Å². The molecule has 0 N–H and O–H groups in total. The summed E-state index contributed by atoms with van der Waals surface area (Å²) in [4.78, 5) is 17.6. The molecule has 0 saturated carbocycles. The summed E-state index contributed by atoms with van der Waals surface area (Å²) >= 11 is 12.0. The number of fused-ring (bicyclic) bond motifs is 1. The van der Waals surface area contributed by atoms with E-state index in [-0.39, 0.29) is 6.04 Å². The topological polar surface area (TPSA) is 44.1 Å². The van der Waals surface area contributed by atoms with E-state index >= 15 is 0 Å². The van der Waals surface area contributed by atoms with Crippen molar-refractivity contribution in [1.82, 2.24) is 9.55 Å². The maximum atomic E-state index is 12.8. The van der Waals surface area contributed by atoms with Crippen LogP contribution < -0.4 is 0 Å². The van der Waals surface area contributed by atoms with Crippen LogP contribution in [0.3, 0.4) is 0 Å². The minimum Gasteiger partial charge on any atom is -0.422 e. The van der Waals surface area contributed by atoms with Gasteiger partial charge in [0.25, 0.3) is 0 Å². The summed E-state index contributed by atoms with van der Waals surface area (Å²) in [5.41, 5.74) is 3.01. The molecule has 0 fully saturated rings. The summed E-state index contributed by atoms with van der Waals surface area (Å²) in [6.07, 6.45) is 1.79. The van der Waals surface area contributed by atoms with Crippen LogP contribution in [0, 0.1) is 0 Å². The molecule has 0 spiro atoms. The smallest absolute Gasteiger partial charge is 0.343 e. The van der Waals surface area contributed by atoms with Gasteiger partial charge in [0.2, 0.25) is 0 Å². The molecule has 6 heteroatoms. The van der Waals surface area contributed by atoms with Crippen molar-refractivity contribution in [3.8, 4) is 0 Å². The van der Waals surface area contributed by atoms with E-state index in [0.717, 1.165) is 11.0 Å². The summed E-state index contributed by atoms with van der Waals surface area (Å²) in [5.74, 6) is 0.601. The van der Waals surface area contributed by atoms with Crippen molar-refractivity contribution < 1.29 is 9.53 Å². The van der Waals surface area contributed by atoms with Gasteiger partial charge in [0.1, 0.15) is 11.6 Å². The van der Waals surface area contributed by atoms with Gasteiger partial charge in [0, 0.05) is 27.7 Å². The fourth-order valence-corrected chi connectivity index (χ4v) is 3.61. The number of rotatable bonds is 5. The molecule has 3 aromatic carbocycles. The average molecular weight is 451 g/mol. The minimum atomic E-state index is -0.481. The summed E-state index contributed by atoms with van der Waals surface area (Å²) in [7, 11) is 0. The van der Waals surface area contributed by atoms with E-state index < -0.39 is 5.97 Å². The zero-order valence-electron chi connectivity index (χ0n) is 17.0. The minimum absolute atomic E-state index is 0.164. The van der Waals surface area contributed by atoms with E-state index in [0.29, 0.717) is 32.8 Å². The third-order valence-electron chi connectivity index (χ3n) is 4.81. The van der Waals surface area contributed by atoms with Gasteiger partial charge in [-0.3, -0.25) is 0 Å². The fraction of sp³-hybridized carbons (Fsp3) is 0.120. The molecule has 0 aliphatic rings. The highest BCUT2D eigenvalue weighted by atomic mass is 35.5. The largest absolute Gasteiger partial charge is 0.422 e. The Kier molecular flexibility index (Phi) is 6.12. The molecule has 31 heavy (non-hydrogen) atoms. The lowest BCUT2D eigenvalue weighted by molar-refractivity contribution is 0.0693. The monoisotopic (exact) mass is 450 g/mol. The van der Waals surface area contributed by atoms with Gasteiger partial charge < -0.3 is 9.30 Å². The van der Waals surface area contributed by atoms with Gasteiger partial charge in [-0.25, -0.2) is 9.78 Å². The first kappa shape index (κ1) is 21.2. The number of para-hydroxylation sites is 2. The molecule has 4 nitrogen and oxygen atoms in total. The van der Waals surface area contributed by atoms with Gasteiger partial charge in [0.15, 0.2) is 0 Å². The summed E-state index contributed by atoms with van der Waals surface area (Å²) in [6, 6.07) is 21.8. The first-order chi connectivity index (χ1) is 14.9. The molecule has 1 heterocycles. The Balaban J connectivity index is 1.81. The summed E-state index contributed by atoms with van der Waals surface area (Å²) in [5, 5.41) is 1.15. The number of carbonyl (C=O) groups is 1. The van der Waals surface area contributed by atoms with Crippen molar-refractivity contribution in [3.63, 3.8) is 0 Å². The Hall–Kier alpha value is -3.08. The highest BCUT2D eigenvalue weighted by molar-refractivity contribution is 6.31. The number of hydrogen-bond acceptors (Lipinski definition) is 3. The van der Waals surface area contributed by atoms with Crippen molar-refractivity contribution in [2.75, 3.05) is 0 Å². The number of esters is 1. The van der Waals surface area contributed by atoms with Crippen molar-refractivity contribution in [2.24, 2.45) is 0 Å². The molecule has 0 saturated heterocycles. The lowest BCUT2D eigenvalue weighted by Gasteiger charge is -2.13. The highest BCUT2D eigenvalue weighted by Crippen LogP contribution is 2.27. The Morgan fingerprint density at radius 2 is 1.48 bits per heavy atom. The van der Waals surface area contributed by atoms with Crippen LogP contribution in [-0.2, 0) is 4.74 Å². The number of carbonyl (C=O) groups excluding carboxylic acids is 1. The highest BCUT2D eigenvalue weighted by Gasteiger charge is 2.17. The number of imidazole rings is 1. The number of hydrogen-bond donors (Lipinski definition) is 0. The van der Waals surface area contributed by atoms with Crippen LogP contribution in [0.2, 0.25) is 10.0 Å². The van der Waals surface area contributed by atoms with Crippen LogP contribution in [0.4, 0.5) is 0 Å². The second kappa shape index (κ2) is 8.96. The van der Waals surface area contributed by atoms with E-state index in [1.165, 1.54) is 0 Å². The Morgan fingerprint density at radius 1 is 0.903 bits per heavy atom. The van der Waals surface area contributed by atoms with Crippen LogP contribution in [0.5, 0.6) is 0 Å². The van der Waals surface area contributed by atoms with E-state index in [1.54, 1.807) is 42.5 Å². The van der Waals surface area contributed by atoms with Gasteiger partial charge in [-0.15, -0.1) is 0 Å². The molecule has 4 aromatic rings. The molecule has 0 amide bonds. The third-order valence-corrected chi connectivity index (χ3v) is 5.31. The lowest BCUT2D eigenvalue weighted by atomic mass is 10.1. The predicted octanol–water partition coefficient (Wildman–Crippen LogP) is 7.28. The molecular formula is C25H20Cl2N2O2. The summed E-state index contributed by atoms with van der Waals surface area (Å²) < 4.78 is 7.93. The molecule has 4 rings (SSSR count). The zero-order valence-corrected chi connectivity index (χ0v) is 18.6. The molecule has 0 atom stereocenters. The van der Waals surface area contributed by atoms with Gasteiger partial charge in [0.05, 0.1) is 16.6 Å². The van der Waals surface area contributed by atoms with Crippen LogP contribution in [-0.4, -0.2) is 15.5 Å². The molecule has 1 aromatic heterocycles.